The minimum absolute atomic E-state index is 0.104. The first-order valence-corrected chi connectivity index (χ1v) is 10.7. The van der Waals surface area contributed by atoms with Crippen LogP contribution in [-0.4, -0.2) is 43.6 Å². The van der Waals surface area contributed by atoms with Crippen molar-refractivity contribution < 1.29 is 14.6 Å². The Labute approximate surface area is 182 Å². The number of aliphatic hydroxyl groups excluding tert-OH is 1. The van der Waals surface area contributed by atoms with Crippen LogP contribution in [0, 0.1) is 6.92 Å². The van der Waals surface area contributed by atoms with Crippen LogP contribution in [0.1, 0.15) is 49.4 Å². The lowest BCUT2D eigenvalue weighted by Crippen LogP contribution is -2.40. The van der Waals surface area contributed by atoms with Crippen LogP contribution >= 0.6 is 0 Å². The number of rotatable bonds is 7. The van der Waals surface area contributed by atoms with Gasteiger partial charge in [-0.05, 0) is 69.5 Å². The molecule has 2 heterocycles. The van der Waals surface area contributed by atoms with Crippen molar-refractivity contribution in [3.8, 4) is 17.3 Å². The highest BCUT2D eigenvalue weighted by atomic mass is 16.5. The van der Waals surface area contributed by atoms with Crippen LogP contribution in [0.4, 0.5) is 0 Å². The zero-order valence-corrected chi connectivity index (χ0v) is 17.9. The Morgan fingerprint density at radius 2 is 1.81 bits per heavy atom. The van der Waals surface area contributed by atoms with Gasteiger partial charge in [0.05, 0.1) is 12.7 Å². The molecule has 31 heavy (non-hydrogen) atoms. The molecular weight excluding hydrogens is 394 g/mol. The summed E-state index contributed by atoms with van der Waals surface area (Å²) in [4.78, 5) is 9.40. The molecule has 1 aliphatic rings. The number of pyridine rings is 1. The number of benzene rings is 1. The molecule has 2 aromatic heterocycles. The Balaban J connectivity index is 1.57. The van der Waals surface area contributed by atoms with Gasteiger partial charge in [0.2, 0.25) is 0 Å². The van der Waals surface area contributed by atoms with Crippen LogP contribution in [0.15, 0.2) is 42.5 Å². The zero-order chi connectivity index (χ0) is 21.8. The Morgan fingerprint density at radius 3 is 2.48 bits per heavy atom. The van der Waals surface area contributed by atoms with E-state index in [1.165, 1.54) is 0 Å². The number of aromatic nitrogens is 4. The number of ether oxygens (including phenoxy) is 2. The van der Waals surface area contributed by atoms with Crippen molar-refractivity contribution in [2.24, 2.45) is 5.73 Å². The fourth-order valence-corrected chi connectivity index (χ4v) is 3.88. The van der Waals surface area contributed by atoms with E-state index in [4.69, 9.17) is 25.3 Å². The van der Waals surface area contributed by atoms with Crippen LogP contribution in [0.5, 0.6) is 11.5 Å². The summed E-state index contributed by atoms with van der Waals surface area (Å²) in [7, 11) is 0. The first kappa shape index (κ1) is 21.3. The van der Waals surface area contributed by atoms with E-state index in [2.05, 4.69) is 4.98 Å². The van der Waals surface area contributed by atoms with Crippen molar-refractivity contribution in [2.75, 3.05) is 6.61 Å². The van der Waals surface area contributed by atoms with Gasteiger partial charge < -0.3 is 20.3 Å². The lowest BCUT2D eigenvalue weighted by Gasteiger charge is -2.30. The quantitative estimate of drug-likeness (QED) is 0.601. The molecule has 1 saturated carbocycles. The molecule has 8 heteroatoms. The molecule has 3 atom stereocenters. The third-order valence-electron chi connectivity index (χ3n) is 5.50. The molecule has 0 saturated heterocycles. The van der Waals surface area contributed by atoms with E-state index < -0.39 is 6.10 Å². The molecule has 8 nitrogen and oxygen atoms in total. The molecule has 0 unspecified atom stereocenters. The van der Waals surface area contributed by atoms with Crippen molar-refractivity contribution in [1.29, 1.82) is 0 Å². The summed E-state index contributed by atoms with van der Waals surface area (Å²) in [5.74, 6) is 3.73. The number of aliphatic hydroxyl groups is 1. The summed E-state index contributed by atoms with van der Waals surface area (Å²) >= 11 is 0. The number of hydrogen-bond acceptors (Lipinski definition) is 7. The molecule has 0 bridgehead atoms. The van der Waals surface area contributed by atoms with Crippen LogP contribution in [-0.2, 0) is 6.61 Å². The van der Waals surface area contributed by atoms with Gasteiger partial charge >= 0.3 is 0 Å². The average molecular weight is 424 g/mol. The van der Waals surface area contributed by atoms with E-state index in [0.717, 1.165) is 35.3 Å². The van der Waals surface area contributed by atoms with E-state index in [0.29, 0.717) is 25.3 Å². The second kappa shape index (κ2) is 9.45. The first-order chi connectivity index (χ1) is 15.0. The molecule has 164 valence electrons. The summed E-state index contributed by atoms with van der Waals surface area (Å²) in [5, 5.41) is 14.7. The van der Waals surface area contributed by atoms with Crippen molar-refractivity contribution in [1.82, 2.24) is 19.7 Å². The molecule has 0 radical (unpaired) electrons. The molecule has 0 aliphatic heterocycles. The third kappa shape index (κ3) is 5.03. The summed E-state index contributed by atoms with van der Waals surface area (Å²) in [6.45, 7) is 4.76. The second-order valence-corrected chi connectivity index (χ2v) is 7.87. The number of nitrogens with zero attached hydrogens (tertiary/aromatic N) is 4. The topological polar surface area (TPSA) is 108 Å². The van der Waals surface area contributed by atoms with E-state index in [9.17, 15) is 5.11 Å². The minimum Gasteiger partial charge on any atom is -0.494 e. The maximum absolute atomic E-state index is 10.0. The maximum atomic E-state index is 10.0. The van der Waals surface area contributed by atoms with Gasteiger partial charge in [-0.1, -0.05) is 6.07 Å². The van der Waals surface area contributed by atoms with E-state index >= 15 is 0 Å². The van der Waals surface area contributed by atoms with Gasteiger partial charge in [-0.2, -0.15) is 4.68 Å². The zero-order valence-electron chi connectivity index (χ0n) is 17.9. The van der Waals surface area contributed by atoms with Crippen LogP contribution in [0.3, 0.4) is 0 Å². The average Bonchev–Trinajstić information content (AvgIpc) is 3.20. The van der Waals surface area contributed by atoms with Gasteiger partial charge in [0.1, 0.15) is 23.9 Å². The molecule has 1 aliphatic carbocycles. The first-order valence-electron chi connectivity index (χ1n) is 10.7. The van der Waals surface area contributed by atoms with Crippen molar-refractivity contribution in [3.05, 3.63) is 59.8 Å². The normalized spacial score (nSPS) is 21.1. The molecule has 0 spiro atoms. The fourth-order valence-electron chi connectivity index (χ4n) is 3.88. The molecule has 1 fully saturated rings. The Kier molecular flexibility index (Phi) is 6.48. The molecular formula is C23H29N5O3. The maximum Gasteiger partial charge on any atom is 0.188 e. The molecule has 4 rings (SSSR count). The van der Waals surface area contributed by atoms with Gasteiger partial charge in [-0.3, -0.25) is 0 Å². The van der Waals surface area contributed by atoms with Crippen molar-refractivity contribution in [3.63, 3.8) is 0 Å². The van der Waals surface area contributed by atoms with Gasteiger partial charge in [0.15, 0.2) is 11.6 Å². The van der Waals surface area contributed by atoms with Gasteiger partial charge in [-0.15, -0.1) is 5.10 Å². The van der Waals surface area contributed by atoms with E-state index in [1.54, 1.807) is 4.68 Å². The standard InChI is InChI=1S/C23H29N5O3/c1-3-30-17-8-10-18(11-9-17)31-14-21-26-23(16-7-12-20(29)19(24)13-16)28(27-21)22-6-4-5-15(2)25-22/h4-6,8-11,16,19-20,29H,3,7,12-14,24H2,1-2H3/t16-,19+,20+/m0/s1. The second-order valence-electron chi connectivity index (χ2n) is 7.87. The van der Waals surface area contributed by atoms with Crippen LogP contribution < -0.4 is 15.2 Å². The number of hydrogen-bond donors (Lipinski definition) is 2. The van der Waals surface area contributed by atoms with Gasteiger partial charge in [-0.25, -0.2) is 9.97 Å². The summed E-state index contributed by atoms with van der Waals surface area (Å²) < 4.78 is 13.2. The Morgan fingerprint density at radius 1 is 1.06 bits per heavy atom. The predicted molar refractivity (Wildman–Crippen MR) is 116 cm³/mol. The highest BCUT2D eigenvalue weighted by Gasteiger charge is 2.31. The van der Waals surface area contributed by atoms with Crippen molar-refractivity contribution in [2.45, 2.75) is 57.8 Å². The molecule has 0 amide bonds. The van der Waals surface area contributed by atoms with E-state index in [1.807, 2.05) is 56.3 Å². The number of nitrogens with two attached hydrogens (primary N) is 1. The van der Waals surface area contributed by atoms with Gasteiger partial charge in [0, 0.05) is 17.7 Å². The SMILES string of the molecule is CCOc1ccc(OCc2nc([C@H]3CC[C@@H](O)[C@H](N)C3)n(-c3cccc(C)n3)n2)cc1. The minimum atomic E-state index is -0.466. The largest absolute Gasteiger partial charge is 0.494 e. The number of aryl methyl sites for hydroxylation is 1. The Hall–Kier alpha value is -2.97. The monoisotopic (exact) mass is 423 g/mol. The fraction of sp³-hybridized carbons (Fsp3) is 0.435. The predicted octanol–water partition coefficient (Wildman–Crippen LogP) is 2.90. The Bertz CT molecular complexity index is 1000. The van der Waals surface area contributed by atoms with Crippen LogP contribution in [0.2, 0.25) is 0 Å². The summed E-state index contributed by atoms with van der Waals surface area (Å²) in [6.07, 6.45) is 1.65. The van der Waals surface area contributed by atoms with Gasteiger partial charge in [0.25, 0.3) is 0 Å². The smallest absolute Gasteiger partial charge is 0.188 e. The highest BCUT2D eigenvalue weighted by Crippen LogP contribution is 2.32. The lowest BCUT2D eigenvalue weighted by atomic mass is 9.83. The molecule has 1 aromatic carbocycles. The molecule has 3 N–H and O–H groups in total. The van der Waals surface area contributed by atoms with Crippen LogP contribution in [0.25, 0.3) is 5.82 Å². The summed E-state index contributed by atoms with van der Waals surface area (Å²) in [5.41, 5.74) is 7.04. The van der Waals surface area contributed by atoms with E-state index in [-0.39, 0.29) is 18.6 Å². The highest BCUT2D eigenvalue weighted by molar-refractivity contribution is 5.31. The van der Waals surface area contributed by atoms with Crippen molar-refractivity contribution >= 4 is 0 Å². The summed E-state index contributed by atoms with van der Waals surface area (Å²) in [6, 6.07) is 13.0. The lowest BCUT2D eigenvalue weighted by molar-refractivity contribution is 0.0989. The third-order valence-corrected chi connectivity index (χ3v) is 5.50. The molecule has 3 aromatic rings.